The molecule has 0 aromatic heterocycles. The normalized spacial score (nSPS) is 16.6. The molecule has 1 aromatic rings. The van der Waals surface area contributed by atoms with Crippen LogP contribution in [0.4, 0.5) is 8.78 Å². The van der Waals surface area contributed by atoms with Gasteiger partial charge in [-0.05, 0) is 24.3 Å². The first kappa shape index (κ1) is 16.1. The highest BCUT2D eigenvalue weighted by Gasteiger charge is 2.37. The molecule has 9 heteroatoms. The molecular weight excluding hydrogens is 326 g/mol. The van der Waals surface area contributed by atoms with Gasteiger partial charge in [0.05, 0.1) is 10.6 Å². The van der Waals surface area contributed by atoms with Gasteiger partial charge in [-0.15, -0.1) is 0 Å². The molecule has 0 aliphatic heterocycles. The number of carbonyl (C=O) groups is 1. The van der Waals surface area contributed by atoms with Gasteiger partial charge in [0.2, 0.25) is 10.0 Å². The van der Waals surface area contributed by atoms with E-state index in [0.717, 1.165) is 12.8 Å². The largest absolute Gasteiger partial charge is 0.351 e. The summed E-state index contributed by atoms with van der Waals surface area (Å²) in [6, 6.07) is 0.552. The van der Waals surface area contributed by atoms with Gasteiger partial charge >= 0.3 is 0 Å². The Morgan fingerprint density at radius 1 is 1.48 bits per heavy atom. The molecular formula is C12H13ClF2N2O3S. The molecule has 0 radical (unpaired) electrons. The number of hydrogen-bond donors (Lipinski definition) is 2. The van der Waals surface area contributed by atoms with Crippen LogP contribution in [-0.2, 0) is 10.0 Å². The number of halogens is 3. The van der Waals surface area contributed by atoms with Crippen LogP contribution in [-0.4, -0.2) is 20.9 Å². The number of hydrogen-bond acceptors (Lipinski definition) is 3. The van der Waals surface area contributed by atoms with Crippen molar-refractivity contribution in [2.75, 3.05) is 6.54 Å². The number of rotatable bonds is 4. The minimum Gasteiger partial charge on any atom is -0.351 e. The predicted molar refractivity (Wildman–Crippen MR) is 72.4 cm³/mol. The molecule has 5 nitrogen and oxygen atoms in total. The standard InChI is InChI=1S/C12H13ClF2N2O3S/c1-12(2-3-12)5-17-11(18)6-4-7(14)9(15)10(8(6)13)21(16,19)20/h4H,2-3,5H2,1H3,(H,17,18)(H2,16,19,20). The molecule has 0 bridgehead atoms. The lowest BCUT2D eigenvalue weighted by atomic mass is 10.1. The number of amides is 1. The highest BCUT2D eigenvalue weighted by Crippen LogP contribution is 2.44. The third-order valence-electron chi connectivity index (χ3n) is 3.42. The van der Waals surface area contributed by atoms with Gasteiger partial charge in [0.1, 0.15) is 4.90 Å². The number of carbonyl (C=O) groups excluding carboxylic acids is 1. The Bertz CT molecular complexity index is 718. The average Bonchev–Trinajstić information content (AvgIpc) is 3.08. The fourth-order valence-electron chi connectivity index (χ4n) is 1.77. The van der Waals surface area contributed by atoms with Crippen LogP contribution in [0.2, 0.25) is 5.02 Å². The Balaban J connectivity index is 2.40. The topological polar surface area (TPSA) is 89.3 Å². The fraction of sp³-hybridized carbons (Fsp3) is 0.417. The molecule has 116 valence electrons. The van der Waals surface area contributed by atoms with Crippen molar-refractivity contribution >= 4 is 27.5 Å². The maximum atomic E-state index is 13.5. The Hall–Kier alpha value is -1.25. The van der Waals surface area contributed by atoms with Gasteiger partial charge in [0.15, 0.2) is 11.6 Å². The van der Waals surface area contributed by atoms with Gasteiger partial charge in [0, 0.05) is 6.54 Å². The van der Waals surface area contributed by atoms with Gasteiger partial charge in [-0.2, -0.15) is 0 Å². The van der Waals surface area contributed by atoms with Crippen LogP contribution in [0, 0.1) is 17.0 Å². The van der Waals surface area contributed by atoms with Crippen molar-refractivity contribution in [3.63, 3.8) is 0 Å². The summed E-state index contributed by atoms with van der Waals surface area (Å²) in [6.45, 7) is 2.29. The van der Waals surface area contributed by atoms with Gasteiger partial charge in [-0.1, -0.05) is 18.5 Å². The van der Waals surface area contributed by atoms with E-state index in [4.69, 9.17) is 16.7 Å². The molecule has 1 aliphatic carbocycles. The third kappa shape index (κ3) is 3.33. The van der Waals surface area contributed by atoms with E-state index in [-0.39, 0.29) is 5.41 Å². The van der Waals surface area contributed by atoms with E-state index >= 15 is 0 Å². The second-order valence-electron chi connectivity index (χ2n) is 5.40. The SMILES string of the molecule is CC1(CNC(=O)c2cc(F)c(F)c(S(N)(=O)=O)c2Cl)CC1. The van der Waals surface area contributed by atoms with Gasteiger partial charge < -0.3 is 5.32 Å². The molecule has 1 aromatic carbocycles. The quantitative estimate of drug-likeness (QED) is 0.820. The summed E-state index contributed by atoms with van der Waals surface area (Å²) in [5.41, 5.74) is -0.479. The van der Waals surface area contributed by atoms with Crippen LogP contribution >= 0.6 is 11.6 Å². The van der Waals surface area contributed by atoms with Crippen molar-refractivity contribution in [1.29, 1.82) is 0 Å². The van der Waals surface area contributed by atoms with Crippen molar-refractivity contribution < 1.29 is 22.0 Å². The first-order chi connectivity index (χ1) is 9.55. The Kier molecular flexibility index (Phi) is 3.98. The second-order valence-corrected chi connectivity index (χ2v) is 7.28. The first-order valence-electron chi connectivity index (χ1n) is 6.04. The summed E-state index contributed by atoms with van der Waals surface area (Å²) >= 11 is 5.70. The van der Waals surface area contributed by atoms with Crippen molar-refractivity contribution in [2.24, 2.45) is 10.6 Å². The average molecular weight is 339 g/mol. The van der Waals surface area contributed by atoms with Crippen molar-refractivity contribution in [1.82, 2.24) is 5.32 Å². The molecule has 1 aliphatic rings. The van der Waals surface area contributed by atoms with Crippen molar-refractivity contribution in [3.05, 3.63) is 28.3 Å². The maximum absolute atomic E-state index is 13.5. The lowest BCUT2D eigenvalue weighted by Gasteiger charge is -2.13. The Labute approximate surface area is 125 Å². The van der Waals surface area contributed by atoms with Crippen LogP contribution in [0.5, 0.6) is 0 Å². The number of nitrogens with two attached hydrogens (primary N) is 1. The van der Waals surface area contributed by atoms with Crippen LogP contribution in [0.1, 0.15) is 30.1 Å². The third-order valence-corrected chi connectivity index (χ3v) is 4.88. The number of sulfonamides is 1. The van der Waals surface area contributed by atoms with Crippen LogP contribution in [0.25, 0.3) is 0 Å². The molecule has 0 atom stereocenters. The monoisotopic (exact) mass is 338 g/mol. The zero-order valence-corrected chi connectivity index (χ0v) is 12.6. The summed E-state index contributed by atoms with van der Waals surface area (Å²) in [7, 11) is -4.60. The second kappa shape index (κ2) is 5.19. The lowest BCUT2D eigenvalue weighted by molar-refractivity contribution is 0.0945. The number of benzene rings is 1. The highest BCUT2D eigenvalue weighted by molar-refractivity contribution is 7.89. The summed E-state index contributed by atoms with van der Waals surface area (Å²) in [4.78, 5) is 10.7. The minimum absolute atomic E-state index is 0.0104. The van der Waals surface area contributed by atoms with Gasteiger partial charge in [-0.25, -0.2) is 22.3 Å². The van der Waals surface area contributed by atoms with E-state index in [1.807, 2.05) is 6.92 Å². The molecule has 1 fully saturated rings. The van der Waals surface area contributed by atoms with Crippen LogP contribution in [0.15, 0.2) is 11.0 Å². The van der Waals surface area contributed by atoms with Crippen LogP contribution in [0.3, 0.4) is 0 Å². The molecule has 0 unspecified atom stereocenters. The van der Waals surface area contributed by atoms with E-state index < -0.39 is 43.0 Å². The summed E-state index contributed by atoms with van der Waals surface area (Å²) in [5, 5.41) is 6.59. The molecule has 3 N–H and O–H groups in total. The molecule has 0 heterocycles. The smallest absolute Gasteiger partial charge is 0.252 e. The zero-order chi connectivity index (χ0) is 16.0. The van der Waals surface area contributed by atoms with Crippen molar-refractivity contribution in [2.45, 2.75) is 24.7 Å². The molecule has 0 saturated heterocycles. The zero-order valence-electron chi connectivity index (χ0n) is 11.0. The summed E-state index contributed by atoms with van der Waals surface area (Å²) < 4.78 is 49.6. The van der Waals surface area contributed by atoms with E-state index in [1.165, 1.54) is 0 Å². The van der Waals surface area contributed by atoms with E-state index in [1.54, 1.807) is 0 Å². The van der Waals surface area contributed by atoms with E-state index in [0.29, 0.717) is 12.6 Å². The van der Waals surface area contributed by atoms with Crippen LogP contribution < -0.4 is 10.5 Å². The molecule has 0 spiro atoms. The molecule has 1 saturated carbocycles. The lowest BCUT2D eigenvalue weighted by Crippen LogP contribution is -2.30. The molecule has 1 amide bonds. The summed E-state index contributed by atoms with van der Waals surface area (Å²) in [5.74, 6) is -3.99. The maximum Gasteiger partial charge on any atom is 0.252 e. The summed E-state index contributed by atoms with van der Waals surface area (Å²) in [6.07, 6.45) is 1.89. The predicted octanol–water partition coefficient (Wildman–Crippen LogP) is 1.80. The van der Waals surface area contributed by atoms with E-state index in [9.17, 15) is 22.0 Å². The van der Waals surface area contributed by atoms with Gasteiger partial charge in [-0.3, -0.25) is 4.79 Å². The Morgan fingerprint density at radius 3 is 2.52 bits per heavy atom. The highest BCUT2D eigenvalue weighted by atomic mass is 35.5. The van der Waals surface area contributed by atoms with Gasteiger partial charge in [0.25, 0.3) is 5.91 Å². The molecule has 21 heavy (non-hydrogen) atoms. The minimum atomic E-state index is -4.60. The fourth-order valence-corrected chi connectivity index (χ4v) is 3.03. The number of nitrogens with one attached hydrogen (secondary N) is 1. The number of primary sulfonamides is 1. The first-order valence-corrected chi connectivity index (χ1v) is 7.96. The Morgan fingerprint density at radius 2 is 2.05 bits per heavy atom. The van der Waals surface area contributed by atoms with Crippen molar-refractivity contribution in [3.8, 4) is 0 Å². The molecule has 2 rings (SSSR count). The van der Waals surface area contributed by atoms with E-state index in [2.05, 4.69) is 5.32 Å².